The van der Waals surface area contributed by atoms with Gasteiger partial charge in [0.25, 0.3) is 0 Å². The molecule has 20 heavy (non-hydrogen) atoms. The zero-order chi connectivity index (χ0) is 14.4. The Morgan fingerprint density at radius 1 is 1.10 bits per heavy atom. The van der Waals surface area contributed by atoms with Crippen LogP contribution < -0.4 is 5.32 Å². The van der Waals surface area contributed by atoms with Gasteiger partial charge in [-0.15, -0.1) is 11.3 Å². The summed E-state index contributed by atoms with van der Waals surface area (Å²) in [5.74, 6) is 0.771. The minimum Gasteiger partial charge on any atom is -0.317 e. The van der Waals surface area contributed by atoms with Crippen molar-refractivity contribution < 1.29 is 0 Å². The molecule has 0 bridgehead atoms. The fourth-order valence-corrected chi connectivity index (χ4v) is 2.81. The van der Waals surface area contributed by atoms with Gasteiger partial charge >= 0.3 is 0 Å². The summed E-state index contributed by atoms with van der Waals surface area (Å²) in [6.07, 6.45) is 2.87. The lowest BCUT2D eigenvalue weighted by Crippen LogP contribution is -2.18. The van der Waals surface area contributed by atoms with Crippen molar-refractivity contribution in [1.82, 2.24) is 20.3 Å². The molecule has 0 aliphatic carbocycles. The number of aryl methyl sites for hydroxylation is 2. The quantitative estimate of drug-likeness (QED) is 0.797. The highest BCUT2D eigenvalue weighted by Crippen LogP contribution is 2.20. The Morgan fingerprint density at radius 3 is 2.30 bits per heavy atom. The molecule has 4 nitrogen and oxygen atoms in total. The molecule has 0 saturated carbocycles. The highest BCUT2D eigenvalue weighted by atomic mass is 32.1. The number of hydrogen-bond donors (Lipinski definition) is 1. The minimum absolute atomic E-state index is 0.771. The summed E-state index contributed by atoms with van der Waals surface area (Å²) >= 11 is 1.58. The van der Waals surface area contributed by atoms with Gasteiger partial charge in [-0.05, 0) is 37.9 Å². The maximum absolute atomic E-state index is 4.73. The Kier molecular flexibility index (Phi) is 5.61. The summed E-state index contributed by atoms with van der Waals surface area (Å²) < 4.78 is 0. The van der Waals surface area contributed by atoms with E-state index in [1.807, 2.05) is 10.9 Å². The molecule has 0 spiro atoms. The van der Waals surface area contributed by atoms with Crippen molar-refractivity contribution >= 4 is 11.3 Å². The molecule has 0 aliphatic rings. The molecule has 2 aromatic heterocycles. The first-order valence-corrected chi connectivity index (χ1v) is 8.22. The lowest BCUT2D eigenvalue weighted by atomic mass is 10.0. The molecule has 0 amide bonds. The topological polar surface area (TPSA) is 50.7 Å². The number of likely N-dealkylation sites (N-methyl/N-ethyl adjacent to an activating group) is 1. The van der Waals surface area contributed by atoms with Gasteiger partial charge in [-0.1, -0.05) is 20.8 Å². The Morgan fingerprint density at radius 2 is 1.80 bits per heavy atom. The predicted molar refractivity (Wildman–Crippen MR) is 84.1 cm³/mol. The van der Waals surface area contributed by atoms with Crippen molar-refractivity contribution in [2.75, 3.05) is 13.1 Å². The normalized spacial score (nSPS) is 10.9. The summed E-state index contributed by atoms with van der Waals surface area (Å²) in [4.78, 5) is 13.8. The van der Waals surface area contributed by atoms with E-state index in [1.165, 1.54) is 5.56 Å². The standard InChI is InChI=1S/C15H22N4S/c1-4-12-11(7-8-16-6-3)13(5-2)19-15(18-12)14-9-20-10-17-14/h9-10,16H,4-8H2,1-3H3. The predicted octanol–water partition coefficient (Wildman–Crippen LogP) is 2.88. The van der Waals surface area contributed by atoms with Gasteiger partial charge in [0.1, 0.15) is 5.69 Å². The molecule has 0 saturated heterocycles. The number of rotatable bonds is 7. The molecular weight excluding hydrogens is 268 g/mol. The summed E-state index contributed by atoms with van der Waals surface area (Å²) in [7, 11) is 0. The molecule has 0 unspecified atom stereocenters. The van der Waals surface area contributed by atoms with Crippen molar-refractivity contribution in [3.05, 3.63) is 27.8 Å². The second kappa shape index (κ2) is 7.45. The molecular formula is C15H22N4S. The molecule has 2 heterocycles. The second-order valence-electron chi connectivity index (χ2n) is 4.60. The number of nitrogens with one attached hydrogen (secondary N) is 1. The first-order chi connectivity index (χ1) is 9.80. The molecule has 0 aromatic carbocycles. The molecule has 1 N–H and O–H groups in total. The zero-order valence-electron chi connectivity index (χ0n) is 12.4. The Bertz CT molecular complexity index is 512. The summed E-state index contributed by atoms with van der Waals surface area (Å²) in [6.45, 7) is 8.42. The van der Waals surface area contributed by atoms with Crippen LogP contribution in [0, 0.1) is 0 Å². The highest BCUT2D eigenvalue weighted by Gasteiger charge is 2.13. The smallest absolute Gasteiger partial charge is 0.179 e. The van der Waals surface area contributed by atoms with Gasteiger partial charge < -0.3 is 5.32 Å². The van der Waals surface area contributed by atoms with Gasteiger partial charge in [-0.3, -0.25) is 0 Å². The third-order valence-corrected chi connectivity index (χ3v) is 3.90. The van der Waals surface area contributed by atoms with E-state index < -0.39 is 0 Å². The van der Waals surface area contributed by atoms with Crippen molar-refractivity contribution in [3.63, 3.8) is 0 Å². The van der Waals surface area contributed by atoms with E-state index in [9.17, 15) is 0 Å². The van der Waals surface area contributed by atoms with Crippen LogP contribution >= 0.6 is 11.3 Å². The SMILES string of the molecule is CCNCCc1c(CC)nc(-c2cscn2)nc1CC. The minimum atomic E-state index is 0.771. The highest BCUT2D eigenvalue weighted by molar-refractivity contribution is 7.07. The third kappa shape index (κ3) is 3.41. The molecule has 5 heteroatoms. The molecule has 0 fully saturated rings. The lowest BCUT2D eigenvalue weighted by Gasteiger charge is -2.13. The molecule has 2 aromatic rings. The van der Waals surface area contributed by atoms with Crippen molar-refractivity contribution in [2.45, 2.75) is 40.0 Å². The van der Waals surface area contributed by atoms with Gasteiger partial charge in [0, 0.05) is 16.8 Å². The van der Waals surface area contributed by atoms with Gasteiger partial charge in [0.05, 0.1) is 5.51 Å². The largest absolute Gasteiger partial charge is 0.317 e. The van der Waals surface area contributed by atoms with Gasteiger partial charge in [-0.25, -0.2) is 15.0 Å². The molecule has 2 rings (SSSR count). The van der Waals surface area contributed by atoms with E-state index in [4.69, 9.17) is 9.97 Å². The van der Waals surface area contributed by atoms with Gasteiger partial charge in [0.15, 0.2) is 5.82 Å². The third-order valence-electron chi connectivity index (χ3n) is 3.31. The number of thiazole rings is 1. The van der Waals surface area contributed by atoms with Crippen LogP contribution in [0.5, 0.6) is 0 Å². The van der Waals surface area contributed by atoms with E-state index in [0.29, 0.717) is 0 Å². The van der Waals surface area contributed by atoms with Crippen molar-refractivity contribution in [1.29, 1.82) is 0 Å². The summed E-state index contributed by atoms with van der Waals surface area (Å²) in [5, 5.41) is 5.38. The lowest BCUT2D eigenvalue weighted by molar-refractivity contribution is 0.702. The Balaban J connectivity index is 2.36. The maximum atomic E-state index is 4.73. The van der Waals surface area contributed by atoms with Crippen LogP contribution in [-0.4, -0.2) is 28.0 Å². The van der Waals surface area contributed by atoms with Crippen molar-refractivity contribution in [2.24, 2.45) is 0 Å². The first kappa shape index (κ1) is 15.1. The van der Waals surface area contributed by atoms with Crippen LogP contribution in [0.3, 0.4) is 0 Å². The van der Waals surface area contributed by atoms with Crippen LogP contribution in [0.2, 0.25) is 0 Å². The van der Waals surface area contributed by atoms with E-state index >= 15 is 0 Å². The van der Waals surface area contributed by atoms with Crippen LogP contribution in [0.4, 0.5) is 0 Å². The van der Waals surface area contributed by atoms with E-state index in [2.05, 4.69) is 31.1 Å². The monoisotopic (exact) mass is 290 g/mol. The van der Waals surface area contributed by atoms with Crippen LogP contribution in [0.1, 0.15) is 37.7 Å². The molecule has 108 valence electrons. The maximum Gasteiger partial charge on any atom is 0.179 e. The fraction of sp³-hybridized carbons (Fsp3) is 0.533. The average Bonchev–Trinajstić information content (AvgIpc) is 3.01. The first-order valence-electron chi connectivity index (χ1n) is 7.28. The number of hydrogen-bond acceptors (Lipinski definition) is 5. The Labute approximate surface area is 124 Å². The van der Waals surface area contributed by atoms with E-state index in [0.717, 1.165) is 55.3 Å². The van der Waals surface area contributed by atoms with Crippen LogP contribution in [-0.2, 0) is 19.3 Å². The average molecular weight is 290 g/mol. The van der Waals surface area contributed by atoms with Crippen molar-refractivity contribution in [3.8, 4) is 11.5 Å². The molecule has 0 atom stereocenters. The van der Waals surface area contributed by atoms with Crippen LogP contribution in [0.15, 0.2) is 10.9 Å². The summed E-state index contributed by atoms with van der Waals surface area (Å²) in [6, 6.07) is 0. The van der Waals surface area contributed by atoms with Gasteiger partial charge in [-0.2, -0.15) is 0 Å². The van der Waals surface area contributed by atoms with E-state index in [1.54, 1.807) is 11.3 Å². The summed E-state index contributed by atoms with van der Waals surface area (Å²) in [5.41, 5.74) is 6.36. The molecule has 0 radical (unpaired) electrons. The zero-order valence-corrected chi connectivity index (χ0v) is 13.3. The number of nitrogens with zero attached hydrogens (tertiary/aromatic N) is 3. The van der Waals surface area contributed by atoms with Crippen LogP contribution in [0.25, 0.3) is 11.5 Å². The Hall–Kier alpha value is -1.33. The molecule has 0 aliphatic heterocycles. The fourth-order valence-electron chi connectivity index (χ4n) is 2.28. The van der Waals surface area contributed by atoms with Gasteiger partial charge in [0.2, 0.25) is 0 Å². The number of aromatic nitrogens is 3. The second-order valence-corrected chi connectivity index (χ2v) is 5.32. The van der Waals surface area contributed by atoms with E-state index in [-0.39, 0.29) is 0 Å².